The third-order valence-electron chi connectivity index (χ3n) is 3.68. The number of nitrogens with two attached hydrogens (primary N) is 1. The number of piperidine rings is 1. The Balaban J connectivity index is 2.21. The minimum Gasteiger partial charge on any atom is -0.391 e. The van der Waals surface area contributed by atoms with Crippen molar-refractivity contribution >= 4 is 10.0 Å². The van der Waals surface area contributed by atoms with Gasteiger partial charge in [-0.25, -0.2) is 8.42 Å². The van der Waals surface area contributed by atoms with Gasteiger partial charge in [-0.3, -0.25) is 0 Å². The Hall–Kier alpha value is -0.950. The van der Waals surface area contributed by atoms with E-state index in [4.69, 9.17) is 5.73 Å². The molecule has 0 bridgehead atoms. The molecule has 2 rings (SSSR count). The number of hydrogen-bond acceptors (Lipinski definition) is 4. The van der Waals surface area contributed by atoms with Gasteiger partial charge in [0.1, 0.15) is 0 Å². The first kappa shape index (κ1) is 14.5. The second kappa shape index (κ2) is 5.58. The van der Waals surface area contributed by atoms with Crippen LogP contribution in [0.3, 0.4) is 0 Å². The highest BCUT2D eigenvalue weighted by atomic mass is 32.2. The lowest BCUT2D eigenvalue weighted by Gasteiger charge is -2.33. The van der Waals surface area contributed by atoms with Gasteiger partial charge in [0.25, 0.3) is 0 Å². The van der Waals surface area contributed by atoms with E-state index in [-0.39, 0.29) is 17.4 Å². The fraction of sp³-hybridized carbons (Fsp3) is 0.538. The molecule has 19 heavy (non-hydrogen) atoms. The summed E-state index contributed by atoms with van der Waals surface area (Å²) in [5, 5.41) is 9.82. The highest BCUT2D eigenvalue weighted by Crippen LogP contribution is 2.23. The molecule has 0 aliphatic carbocycles. The van der Waals surface area contributed by atoms with Gasteiger partial charge in [0, 0.05) is 19.6 Å². The largest absolute Gasteiger partial charge is 0.391 e. The van der Waals surface area contributed by atoms with Crippen molar-refractivity contribution in [2.24, 2.45) is 11.7 Å². The normalized spacial score (nSPS) is 25.4. The zero-order valence-electron chi connectivity index (χ0n) is 11.0. The summed E-state index contributed by atoms with van der Waals surface area (Å²) in [4.78, 5) is 0.256. The number of benzene rings is 1. The molecule has 106 valence electrons. The van der Waals surface area contributed by atoms with Gasteiger partial charge in [0.2, 0.25) is 10.0 Å². The van der Waals surface area contributed by atoms with Crippen LogP contribution in [-0.4, -0.2) is 37.0 Å². The fourth-order valence-electron chi connectivity index (χ4n) is 2.18. The summed E-state index contributed by atoms with van der Waals surface area (Å²) in [6, 6.07) is 6.58. The Bertz CT molecular complexity index is 527. The maximum Gasteiger partial charge on any atom is 0.243 e. The van der Waals surface area contributed by atoms with Gasteiger partial charge in [-0.15, -0.1) is 0 Å². The molecule has 2 atom stereocenters. The second-order valence-corrected chi connectivity index (χ2v) is 6.98. The third-order valence-corrected chi connectivity index (χ3v) is 5.56. The Labute approximate surface area is 114 Å². The lowest BCUT2D eigenvalue weighted by Crippen LogP contribution is -2.45. The molecule has 1 aromatic rings. The van der Waals surface area contributed by atoms with Crippen LogP contribution < -0.4 is 5.73 Å². The molecule has 0 spiro atoms. The molecule has 3 N–H and O–H groups in total. The number of aliphatic hydroxyl groups is 1. The molecule has 6 heteroatoms. The average Bonchev–Trinajstić information content (AvgIpc) is 2.41. The summed E-state index contributed by atoms with van der Waals surface area (Å²) >= 11 is 0. The molecule has 1 aromatic carbocycles. The molecule has 1 heterocycles. The van der Waals surface area contributed by atoms with Gasteiger partial charge in [0.05, 0.1) is 11.0 Å². The van der Waals surface area contributed by atoms with Crippen molar-refractivity contribution in [1.82, 2.24) is 4.31 Å². The summed E-state index contributed by atoms with van der Waals surface area (Å²) in [7, 11) is -3.51. The van der Waals surface area contributed by atoms with Crippen LogP contribution in [0.1, 0.15) is 18.9 Å². The Morgan fingerprint density at radius 2 is 2.00 bits per heavy atom. The van der Waals surface area contributed by atoms with E-state index < -0.39 is 16.1 Å². The van der Waals surface area contributed by atoms with Crippen LogP contribution >= 0.6 is 0 Å². The van der Waals surface area contributed by atoms with Crippen molar-refractivity contribution in [3.05, 3.63) is 29.8 Å². The Kier molecular flexibility index (Phi) is 4.25. The van der Waals surface area contributed by atoms with E-state index in [2.05, 4.69) is 0 Å². The number of hydrogen-bond donors (Lipinski definition) is 2. The molecular weight excluding hydrogens is 264 g/mol. The second-order valence-electron chi connectivity index (χ2n) is 5.04. The molecule has 5 nitrogen and oxygen atoms in total. The van der Waals surface area contributed by atoms with Crippen LogP contribution in [0.25, 0.3) is 0 Å². The van der Waals surface area contributed by atoms with Crippen LogP contribution in [0.4, 0.5) is 0 Å². The van der Waals surface area contributed by atoms with Gasteiger partial charge in [0.15, 0.2) is 0 Å². The van der Waals surface area contributed by atoms with E-state index in [9.17, 15) is 13.5 Å². The number of β-amino-alcohol motifs (C(OH)–C–C–N with tert-alkyl or cyclic N) is 1. The van der Waals surface area contributed by atoms with Crippen LogP contribution in [0, 0.1) is 5.92 Å². The van der Waals surface area contributed by atoms with E-state index in [1.165, 1.54) is 4.31 Å². The van der Waals surface area contributed by atoms with E-state index in [0.29, 0.717) is 19.5 Å². The fourth-order valence-corrected chi connectivity index (χ4v) is 3.66. The number of aliphatic hydroxyl groups excluding tert-OH is 1. The average molecular weight is 284 g/mol. The van der Waals surface area contributed by atoms with Crippen molar-refractivity contribution in [2.45, 2.75) is 30.9 Å². The summed E-state index contributed by atoms with van der Waals surface area (Å²) in [5.41, 5.74) is 6.39. The zero-order chi connectivity index (χ0) is 14.0. The van der Waals surface area contributed by atoms with E-state index >= 15 is 0 Å². The molecular formula is C13H20N2O3S. The van der Waals surface area contributed by atoms with Crippen molar-refractivity contribution in [3.63, 3.8) is 0 Å². The topological polar surface area (TPSA) is 83.6 Å². The van der Waals surface area contributed by atoms with E-state index in [1.807, 2.05) is 6.92 Å². The van der Waals surface area contributed by atoms with Crippen LogP contribution in [-0.2, 0) is 16.6 Å². The van der Waals surface area contributed by atoms with Crippen molar-refractivity contribution in [1.29, 1.82) is 0 Å². The molecule has 1 aliphatic heterocycles. The maximum absolute atomic E-state index is 12.4. The molecule has 0 radical (unpaired) electrons. The SMILES string of the molecule is CC1CCN(S(=O)(=O)c2ccc(CN)cc2)CC1O. The quantitative estimate of drug-likeness (QED) is 0.848. The Morgan fingerprint density at radius 3 is 2.53 bits per heavy atom. The molecule has 0 saturated carbocycles. The molecule has 1 aliphatic rings. The van der Waals surface area contributed by atoms with E-state index in [1.54, 1.807) is 24.3 Å². The van der Waals surface area contributed by atoms with Crippen molar-refractivity contribution < 1.29 is 13.5 Å². The van der Waals surface area contributed by atoms with Gasteiger partial charge in [-0.2, -0.15) is 4.31 Å². The van der Waals surface area contributed by atoms with E-state index in [0.717, 1.165) is 5.56 Å². The molecule has 2 unspecified atom stereocenters. The molecule has 0 aromatic heterocycles. The minimum absolute atomic E-state index is 0.145. The Morgan fingerprint density at radius 1 is 1.37 bits per heavy atom. The standard InChI is InChI=1S/C13H20N2O3S/c1-10-6-7-15(9-13(10)16)19(17,18)12-4-2-11(8-14)3-5-12/h2-5,10,13,16H,6-9,14H2,1H3. The lowest BCUT2D eigenvalue weighted by atomic mass is 9.98. The summed E-state index contributed by atoms with van der Waals surface area (Å²) in [5.74, 6) is 0.145. The summed E-state index contributed by atoms with van der Waals surface area (Å²) < 4.78 is 26.2. The highest BCUT2D eigenvalue weighted by Gasteiger charge is 2.32. The summed E-state index contributed by atoms with van der Waals surface area (Å²) in [6.07, 6.45) is 0.0909. The molecule has 0 amide bonds. The monoisotopic (exact) mass is 284 g/mol. The first-order valence-electron chi connectivity index (χ1n) is 6.42. The number of sulfonamides is 1. The first-order valence-corrected chi connectivity index (χ1v) is 7.86. The van der Waals surface area contributed by atoms with Crippen molar-refractivity contribution in [2.75, 3.05) is 13.1 Å². The first-order chi connectivity index (χ1) is 8.95. The van der Waals surface area contributed by atoms with Gasteiger partial charge in [-0.05, 0) is 30.0 Å². The van der Waals surface area contributed by atoms with Crippen LogP contribution in [0.5, 0.6) is 0 Å². The molecule has 1 fully saturated rings. The van der Waals surface area contributed by atoms with Gasteiger partial charge >= 0.3 is 0 Å². The van der Waals surface area contributed by atoms with Crippen LogP contribution in [0.2, 0.25) is 0 Å². The van der Waals surface area contributed by atoms with Gasteiger partial charge in [-0.1, -0.05) is 19.1 Å². The third kappa shape index (κ3) is 2.97. The smallest absolute Gasteiger partial charge is 0.243 e. The van der Waals surface area contributed by atoms with Crippen LogP contribution in [0.15, 0.2) is 29.2 Å². The molecule has 1 saturated heterocycles. The van der Waals surface area contributed by atoms with Gasteiger partial charge < -0.3 is 10.8 Å². The maximum atomic E-state index is 12.4. The van der Waals surface area contributed by atoms with Crippen molar-refractivity contribution in [3.8, 4) is 0 Å². The number of nitrogens with zero attached hydrogens (tertiary/aromatic N) is 1. The highest BCUT2D eigenvalue weighted by molar-refractivity contribution is 7.89. The predicted molar refractivity (Wildman–Crippen MR) is 72.9 cm³/mol. The summed E-state index contributed by atoms with van der Waals surface area (Å²) in [6.45, 7) is 2.95. The minimum atomic E-state index is -3.51. The number of rotatable bonds is 3. The predicted octanol–water partition coefficient (Wildman–Crippen LogP) is 0.537. The zero-order valence-corrected chi connectivity index (χ0v) is 11.8. The lowest BCUT2D eigenvalue weighted by molar-refractivity contribution is 0.0605.